The van der Waals surface area contributed by atoms with Crippen LogP contribution in [0, 0.1) is 11.3 Å². The Morgan fingerprint density at radius 1 is 1.35 bits per heavy atom. The third-order valence-corrected chi connectivity index (χ3v) is 2.13. The highest BCUT2D eigenvalue weighted by Crippen LogP contribution is 2.35. The molecule has 1 aromatic carbocycles. The summed E-state index contributed by atoms with van der Waals surface area (Å²) < 4.78 is 10.2. The molecule has 0 unspecified atom stereocenters. The number of urea groups is 1. The van der Waals surface area contributed by atoms with E-state index >= 15 is 0 Å². The zero-order valence-corrected chi connectivity index (χ0v) is 9.83. The van der Waals surface area contributed by atoms with Gasteiger partial charge in [-0.3, -0.25) is 0 Å². The topological polar surface area (TPSA) is 83.4 Å². The molecular weight excluding hydrogens is 222 g/mol. The van der Waals surface area contributed by atoms with Gasteiger partial charge in [0.25, 0.3) is 0 Å². The Kier molecular flexibility index (Phi) is 4.17. The van der Waals surface area contributed by atoms with Crippen molar-refractivity contribution in [1.29, 1.82) is 5.26 Å². The molecule has 1 aromatic rings. The van der Waals surface area contributed by atoms with Gasteiger partial charge in [-0.25, -0.2) is 4.79 Å². The predicted octanol–water partition coefficient (Wildman–Crippen LogP) is 1.33. The number of hydrogen-bond acceptors (Lipinski definition) is 4. The number of methoxy groups -OCH3 is 2. The number of anilines is 1. The number of hydrogen-bond donors (Lipinski definition) is 2. The second-order valence-electron chi connectivity index (χ2n) is 3.04. The Morgan fingerprint density at radius 3 is 2.53 bits per heavy atom. The number of ether oxygens (including phenoxy) is 2. The van der Waals surface area contributed by atoms with Gasteiger partial charge in [0.2, 0.25) is 0 Å². The Morgan fingerprint density at radius 2 is 2.06 bits per heavy atom. The number of amides is 2. The summed E-state index contributed by atoms with van der Waals surface area (Å²) in [5, 5.41) is 14.0. The largest absolute Gasteiger partial charge is 0.493 e. The maximum Gasteiger partial charge on any atom is 0.319 e. The van der Waals surface area contributed by atoms with Gasteiger partial charge >= 0.3 is 6.03 Å². The van der Waals surface area contributed by atoms with Gasteiger partial charge in [-0.1, -0.05) is 0 Å². The zero-order valence-electron chi connectivity index (χ0n) is 9.83. The van der Waals surface area contributed by atoms with Crippen molar-refractivity contribution in [3.8, 4) is 17.6 Å². The molecular formula is C11H13N3O3. The van der Waals surface area contributed by atoms with Crippen molar-refractivity contribution in [2.75, 3.05) is 26.6 Å². The van der Waals surface area contributed by atoms with E-state index in [0.717, 1.165) is 0 Å². The van der Waals surface area contributed by atoms with E-state index in [2.05, 4.69) is 10.6 Å². The molecule has 0 aromatic heterocycles. The maximum absolute atomic E-state index is 11.2. The summed E-state index contributed by atoms with van der Waals surface area (Å²) in [7, 11) is 4.40. The summed E-state index contributed by atoms with van der Waals surface area (Å²) in [5.41, 5.74) is 0.583. The van der Waals surface area contributed by atoms with E-state index < -0.39 is 6.03 Å². The minimum Gasteiger partial charge on any atom is -0.493 e. The van der Waals surface area contributed by atoms with E-state index in [-0.39, 0.29) is 5.56 Å². The molecule has 0 radical (unpaired) electrons. The first-order valence-electron chi connectivity index (χ1n) is 4.81. The van der Waals surface area contributed by atoms with Crippen LogP contribution < -0.4 is 20.1 Å². The van der Waals surface area contributed by atoms with Gasteiger partial charge in [0.1, 0.15) is 11.6 Å². The quantitative estimate of drug-likeness (QED) is 0.827. The summed E-state index contributed by atoms with van der Waals surface area (Å²) in [5.74, 6) is 0.732. The third-order valence-electron chi connectivity index (χ3n) is 2.13. The highest BCUT2D eigenvalue weighted by atomic mass is 16.5. The SMILES string of the molecule is CNC(=O)Nc1ccc(OC)c(OC)c1C#N. The van der Waals surface area contributed by atoms with Crippen LogP contribution in [0.1, 0.15) is 5.56 Å². The number of nitrogens with one attached hydrogen (secondary N) is 2. The Labute approximate surface area is 99.1 Å². The molecule has 2 N–H and O–H groups in total. The average Bonchev–Trinajstić information content (AvgIpc) is 2.37. The number of carbonyl (C=O) groups is 1. The first-order chi connectivity index (χ1) is 8.17. The van der Waals surface area contributed by atoms with Gasteiger partial charge in [0.15, 0.2) is 11.5 Å². The second kappa shape index (κ2) is 5.61. The molecule has 0 saturated carbocycles. The Hall–Kier alpha value is -2.42. The van der Waals surface area contributed by atoms with Crippen molar-refractivity contribution < 1.29 is 14.3 Å². The van der Waals surface area contributed by atoms with Crippen molar-refractivity contribution in [3.63, 3.8) is 0 Å². The summed E-state index contributed by atoms with van der Waals surface area (Å²) in [6.45, 7) is 0. The molecule has 6 nitrogen and oxygen atoms in total. The summed E-state index contributed by atoms with van der Waals surface area (Å²) >= 11 is 0. The summed E-state index contributed by atoms with van der Waals surface area (Å²) in [6.07, 6.45) is 0. The molecule has 0 fully saturated rings. The normalized spacial score (nSPS) is 9.06. The molecule has 0 spiro atoms. The van der Waals surface area contributed by atoms with Crippen molar-refractivity contribution >= 4 is 11.7 Å². The van der Waals surface area contributed by atoms with Gasteiger partial charge in [0, 0.05) is 7.05 Å². The van der Waals surface area contributed by atoms with Crippen molar-refractivity contribution in [1.82, 2.24) is 5.32 Å². The lowest BCUT2D eigenvalue weighted by Crippen LogP contribution is -2.25. The molecule has 1 rings (SSSR count). The fourth-order valence-corrected chi connectivity index (χ4v) is 1.33. The van der Waals surface area contributed by atoms with Crippen LogP contribution >= 0.6 is 0 Å². The lowest BCUT2D eigenvalue weighted by Gasteiger charge is -2.13. The van der Waals surface area contributed by atoms with Gasteiger partial charge in [-0.15, -0.1) is 0 Å². The van der Waals surface area contributed by atoms with Gasteiger partial charge in [-0.2, -0.15) is 5.26 Å². The smallest absolute Gasteiger partial charge is 0.319 e. The monoisotopic (exact) mass is 235 g/mol. The van der Waals surface area contributed by atoms with Crippen LogP contribution in [0.15, 0.2) is 12.1 Å². The van der Waals surface area contributed by atoms with Gasteiger partial charge < -0.3 is 20.1 Å². The predicted molar refractivity (Wildman–Crippen MR) is 62.3 cm³/mol. The maximum atomic E-state index is 11.2. The van der Waals surface area contributed by atoms with E-state index in [1.54, 1.807) is 12.1 Å². The molecule has 0 bridgehead atoms. The molecule has 0 saturated heterocycles. The molecule has 2 amide bonds. The van der Waals surface area contributed by atoms with Crippen LogP contribution in [0.3, 0.4) is 0 Å². The average molecular weight is 235 g/mol. The minimum absolute atomic E-state index is 0.218. The number of nitrogens with zero attached hydrogens (tertiary/aromatic N) is 1. The van der Waals surface area contributed by atoms with Crippen LogP contribution in [0.2, 0.25) is 0 Å². The number of carbonyl (C=O) groups excluding carboxylic acids is 1. The molecule has 0 heterocycles. The number of nitriles is 1. The molecule has 6 heteroatoms. The van der Waals surface area contributed by atoms with Crippen LogP contribution in [0.4, 0.5) is 10.5 Å². The third kappa shape index (κ3) is 2.58. The highest BCUT2D eigenvalue weighted by molar-refractivity contribution is 5.91. The number of benzene rings is 1. The zero-order chi connectivity index (χ0) is 12.8. The summed E-state index contributed by atoms with van der Waals surface area (Å²) in [6, 6.07) is 4.76. The molecule has 0 atom stereocenters. The van der Waals surface area contributed by atoms with Gasteiger partial charge in [0.05, 0.1) is 19.9 Å². The summed E-state index contributed by atoms with van der Waals surface area (Å²) in [4.78, 5) is 11.2. The molecule has 17 heavy (non-hydrogen) atoms. The molecule has 0 aliphatic heterocycles. The lowest BCUT2D eigenvalue weighted by molar-refractivity contribution is 0.254. The van der Waals surface area contributed by atoms with Crippen molar-refractivity contribution in [3.05, 3.63) is 17.7 Å². The standard InChI is InChI=1S/C11H13N3O3/c1-13-11(15)14-8-4-5-9(16-2)10(17-3)7(8)6-12/h4-5H,1-3H3,(H2,13,14,15). The van der Waals surface area contributed by atoms with E-state index in [4.69, 9.17) is 14.7 Å². The van der Waals surface area contributed by atoms with E-state index in [1.807, 2.05) is 6.07 Å². The van der Waals surface area contributed by atoms with Crippen LogP contribution in [-0.4, -0.2) is 27.3 Å². The first kappa shape index (κ1) is 12.6. The molecule has 0 aliphatic carbocycles. The van der Waals surface area contributed by atoms with Crippen molar-refractivity contribution in [2.45, 2.75) is 0 Å². The Bertz CT molecular complexity index is 466. The lowest BCUT2D eigenvalue weighted by atomic mass is 10.1. The molecule has 90 valence electrons. The van der Waals surface area contributed by atoms with Crippen LogP contribution in [0.5, 0.6) is 11.5 Å². The molecule has 0 aliphatic rings. The van der Waals surface area contributed by atoms with Crippen LogP contribution in [0.25, 0.3) is 0 Å². The van der Waals surface area contributed by atoms with Crippen LogP contribution in [-0.2, 0) is 0 Å². The first-order valence-corrected chi connectivity index (χ1v) is 4.81. The van der Waals surface area contributed by atoms with Crippen molar-refractivity contribution in [2.24, 2.45) is 0 Å². The minimum atomic E-state index is -0.409. The second-order valence-corrected chi connectivity index (χ2v) is 3.04. The van der Waals surface area contributed by atoms with E-state index in [0.29, 0.717) is 17.2 Å². The van der Waals surface area contributed by atoms with E-state index in [1.165, 1.54) is 21.3 Å². The fraction of sp³-hybridized carbons (Fsp3) is 0.273. The fourth-order valence-electron chi connectivity index (χ4n) is 1.33. The Balaban J connectivity index is 3.24. The number of rotatable bonds is 3. The van der Waals surface area contributed by atoms with Gasteiger partial charge in [-0.05, 0) is 12.1 Å². The van der Waals surface area contributed by atoms with E-state index in [9.17, 15) is 4.79 Å². The highest BCUT2D eigenvalue weighted by Gasteiger charge is 2.15.